The first-order valence-corrected chi connectivity index (χ1v) is 13.5. The summed E-state index contributed by atoms with van der Waals surface area (Å²) in [6, 6.07) is 1.96. The van der Waals surface area contributed by atoms with Crippen LogP contribution < -0.4 is 14.8 Å². The van der Waals surface area contributed by atoms with Crippen molar-refractivity contribution in [3.63, 3.8) is 0 Å². The van der Waals surface area contributed by atoms with Crippen molar-refractivity contribution in [2.45, 2.75) is 80.9 Å². The van der Waals surface area contributed by atoms with Crippen LogP contribution in [0.15, 0.2) is 24.0 Å². The fourth-order valence-electron chi connectivity index (χ4n) is 6.74. The highest BCUT2D eigenvalue weighted by molar-refractivity contribution is 5.89. The summed E-state index contributed by atoms with van der Waals surface area (Å²) in [6.07, 6.45) is -1.50. The Morgan fingerprint density at radius 2 is 1.98 bits per heavy atom. The first-order valence-electron chi connectivity index (χ1n) is 13.5. The van der Waals surface area contributed by atoms with Gasteiger partial charge in [0.05, 0.1) is 24.5 Å². The summed E-state index contributed by atoms with van der Waals surface area (Å²) in [4.78, 5) is 50.8. The van der Waals surface area contributed by atoms with Gasteiger partial charge < -0.3 is 44.5 Å². The number of nitrogens with zero attached hydrogens (tertiary/aromatic N) is 1. The third-order valence-electron chi connectivity index (χ3n) is 8.78. The van der Waals surface area contributed by atoms with E-state index in [1.54, 1.807) is 6.08 Å². The molecular formula is C28H34N2O11. The Kier molecular flexibility index (Phi) is 7.24. The van der Waals surface area contributed by atoms with Gasteiger partial charge in [-0.2, -0.15) is 0 Å². The fraction of sp³-hybridized carbons (Fsp3) is 0.571. The van der Waals surface area contributed by atoms with Crippen LogP contribution >= 0.6 is 0 Å². The Bertz CT molecular complexity index is 1330. The first-order chi connectivity index (χ1) is 19.3. The summed E-state index contributed by atoms with van der Waals surface area (Å²) < 4.78 is 22.8. The molecule has 0 radical (unpaired) electrons. The molecule has 13 nitrogen and oxygen atoms in total. The standard InChI is InChI=1S/C28H34N2O11/c1-13(31)24(33)29-16(25(34)35)12-20(32)39-14(2)26(36)40-18-7-8-28(37)19-11-15-5-6-17(38-4)22-21(15)27(28,23(18)41-22)9-10-30(19)3/h5-7,13-14,16,19,23,31,37H,8-12H2,1-4H3,(H,29,33)(H,34,35)/t13?,14-,16-,19+,23-,27-,28+/m0/s1. The van der Waals surface area contributed by atoms with Crippen LogP contribution in [0.3, 0.4) is 0 Å². The topological polar surface area (TPSA) is 181 Å². The molecule has 2 bridgehead atoms. The highest BCUT2D eigenvalue weighted by Gasteiger charge is 2.72. The SMILES string of the molecule is COc1ccc2c3c1O[C@H]1C(OC(=O)[C@H](C)OC(=O)C[C@H](NC(=O)C(C)O)C(=O)O)=CC[C@@]4(O)[C@@H](C2)N(C)CC[C@]314. The molecule has 4 N–H and O–H groups in total. The molecule has 7 atom stereocenters. The number of carbonyl (C=O) groups excluding carboxylic acids is 3. The lowest BCUT2D eigenvalue weighted by Crippen LogP contribution is -2.74. The highest BCUT2D eigenvalue weighted by atomic mass is 16.6. The van der Waals surface area contributed by atoms with Gasteiger partial charge in [0.1, 0.15) is 17.9 Å². The number of rotatable bonds is 9. The number of carboxylic acid groups (broad SMARTS) is 1. The number of carbonyl (C=O) groups is 4. The van der Waals surface area contributed by atoms with E-state index in [-0.39, 0.29) is 18.2 Å². The van der Waals surface area contributed by atoms with Crippen molar-refractivity contribution in [2.75, 3.05) is 20.7 Å². The zero-order valence-corrected chi connectivity index (χ0v) is 23.2. The number of carboxylic acids is 1. The Labute approximate surface area is 236 Å². The Hall–Kier alpha value is -3.68. The van der Waals surface area contributed by atoms with E-state index in [1.165, 1.54) is 14.0 Å². The molecule has 0 saturated carbocycles. The number of methoxy groups -OCH3 is 1. The molecule has 0 aromatic heterocycles. The van der Waals surface area contributed by atoms with E-state index in [0.29, 0.717) is 30.9 Å². The third-order valence-corrected chi connectivity index (χ3v) is 8.78. The first kappa shape index (κ1) is 28.8. The van der Waals surface area contributed by atoms with Gasteiger partial charge in [0, 0.05) is 18.0 Å². The van der Waals surface area contributed by atoms with Gasteiger partial charge in [0.25, 0.3) is 0 Å². The number of hydrogen-bond donors (Lipinski definition) is 4. The van der Waals surface area contributed by atoms with E-state index in [4.69, 9.17) is 18.9 Å². The number of amides is 1. The van der Waals surface area contributed by atoms with E-state index >= 15 is 0 Å². The van der Waals surface area contributed by atoms with Gasteiger partial charge in [0.2, 0.25) is 5.91 Å². The number of aliphatic hydroxyl groups is 2. The number of aliphatic carboxylic acids is 1. The Balaban J connectivity index is 1.35. The maximum Gasteiger partial charge on any atom is 0.352 e. The average Bonchev–Trinajstić information content (AvgIpc) is 3.27. The summed E-state index contributed by atoms with van der Waals surface area (Å²) in [5, 5.41) is 32.9. The molecule has 1 amide bonds. The molecule has 1 aromatic rings. The molecule has 41 heavy (non-hydrogen) atoms. The third kappa shape index (κ3) is 4.43. The minimum absolute atomic E-state index is 0.181. The van der Waals surface area contributed by atoms with Crippen molar-refractivity contribution in [3.8, 4) is 11.5 Å². The largest absolute Gasteiger partial charge is 0.493 e. The number of aliphatic hydroxyl groups excluding tert-OH is 1. The normalized spacial score (nSPS) is 29.6. The predicted octanol–water partition coefficient (Wildman–Crippen LogP) is -0.212. The molecule has 222 valence electrons. The van der Waals surface area contributed by atoms with Crippen molar-refractivity contribution in [1.29, 1.82) is 0 Å². The van der Waals surface area contributed by atoms with Gasteiger partial charge in [-0.05, 0) is 58.0 Å². The van der Waals surface area contributed by atoms with E-state index in [1.807, 2.05) is 24.5 Å². The number of esters is 2. The minimum Gasteiger partial charge on any atom is -0.493 e. The molecule has 5 rings (SSSR count). The highest BCUT2D eigenvalue weighted by Crippen LogP contribution is 2.65. The average molecular weight is 575 g/mol. The van der Waals surface area contributed by atoms with Gasteiger partial charge in [-0.1, -0.05) is 6.07 Å². The smallest absolute Gasteiger partial charge is 0.352 e. The molecule has 1 aromatic carbocycles. The van der Waals surface area contributed by atoms with Gasteiger partial charge in [0.15, 0.2) is 23.7 Å². The zero-order chi connectivity index (χ0) is 29.9. The summed E-state index contributed by atoms with van der Waals surface area (Å²) in [6.45, 7) is 3.11. The van der Waals surface area contributed by atoms with Crippen LogP contribution in [-0.2, 0) is 40.5 Å². The summed E-state index contributed by atoms with van der Waals surface area (Å²) in [7, 11) is 3.51. The number of benzene rings is 1. The molecule has 2 aliphatic heterocycles. The number of nitrogens with one attached hydrogen (secondary N) is 1. The van der Waals surface area contributed by atoms with Crippen LogP contribution in [-0.4, -0.2) is 101 Å². The van der Waals surface area contributed by atoms with Gasteiger partial charge in [-0.25, -0.2) is 9.59 Å². The van der Waals surface area contributed by atoms with E-state index in [9.17, 15) is 34.5 Å². The summed E-state index contributed by atoms with van der Waals surface area (Å²) in [5.41, 5.74) is -0.169. The fourth-order valence-corrected chi connectivity index (χ4v) is 6.74. The maximum absolute atomic E-state index is 13.1. The van der Waals surface area contributed by atoms with E-state index in [0.717, 1.165) is 18.1 Å². The van der Waals surface area contributed by atoms with Crippen LogP contribution in [0.4, 0.5) is 0 Å². The van der Waals surface area contributed by atoms with Crippen molar-refractivity contribution in [3.05, 3.63) is 35.1 Å². The van der Waals surface area contributed by atoms with Crippen LogP contribution in [0.2, 0.25) is 0 Å². The molecule has 1 fully saturated rings. The number of ether oxygens (including phenoxy) is 4. The second-order valence-corrected chi connectivity index (χ2v) is 11.1. The second kappa shape index (κ2) is 10.3. The maximum atomic E-state index is 13.1. The zero-order valence-electron chi connectivity index (χ0n) is 23.2. The van der Waals surface area contributed by atoms with E-state index in [2.05, 4.69) is 4.90 Å². The molecule has 13 heteroatoms. The van der Waals surface area contributed by atoms with Crippen LogP contribution in [0.1, 0.15) is 44.2 Å². The molecule has 1 unspecified atom stereocenters. The van der Waals surface area contributed by atoms with Crippen LogP contribution in [0.25, 0.3) is 0 Å². The van der Waals surface area contributed by atoms with Gasteiger partial charge >= 0.3 is 17.9 Å². The molecule has 2 heterocycles. The molecular weight excluding hydrogens is 540 g/mol. The molecule has 1 saturated heterocycles. The lowest BCUT2D eigenvalue weighted by molar-refractivity contribution is -0.175. The number of likely N-dealkylation sites (N-methyl/N-ethyl adjacent to an activating group) is 1. The van der Waals surface area contributed by atoms with E-state index < -0.39 is 65.6 Å². The number of likely N-dealkylation sites (tertiary alicyclic amines) is 1. The molecule has 4 aliphatic rings. The van der Waals surface area contributed by atoms with Gasteiger partial charge in [-0.3, -0.25) is 9.59 Å². The van der Waals surface area contributed by atoms with Crippen LogP contribution in [0.5, 0.6) is 11.5 Å². The van der Waals surface area contributed by atoms with Crippen molar-refractivity contribution < 1.29 is 53.4 Å². The number of hydrogen-bond acceptors (Lipinski definition) is 11. The quantitative estimate of drug-likeness (QED) is 0.285. The molecule has 2 aliphatic carbocycles. The second-order valence-electron chi connectivity index (χ2n) is 11.1. The Morgan fingerprint density at radius 1 is 1.24 bits per heavy atom. The van der Waals surface area contributed by atoms with Crippen molar-refractivity contribution in [1.82, 2.24) is 10.2 Å². The summed E-state index contributed by atoms with van der Waals surface area (Å²) >= 11 is 0. The Morgan fingerprint density at radius 3 is 2.63 bits per heavy atom. The van der Waals surface area contributed by atoms with Crippen molar-refractivity contribution in [2.24, 2.45) is 0 Å². The predicted molar refractivity (Wildman–Crippen MR) is 139 cm³/mol. The van der Waals surface area contributed by atoms with Gasteiger partial charge in [-0.15, -0.1) is 0 Å². The number of piperidine rings is 1. The van der Waals surface area contributed by atoms with Crippen molar-refractivity contribution >= 4 is 23.8 Å². The lowest BCUT2D eigenvalue weighted by atomic mass is 9.50. The lowest BCUT2D eigenvalue weighted by Gasteiger charge is -2.61. The summed E-state index contributed by atoms with van der Waals surface area (Å²) in [5.74, 6) is -3.26. The minimum atomic E-state index is -1.66. The molecule has 1 spiro atoms. The monoisotopic (exact) mass is 574 g/mol. The van der Waals surface area contributed by atoms with Crippen LogP contribution in [0, 0.1) is 0 Å².